The summed E-state index contributed by atoms with van der Waals surface area (Å²) in [5, 5.41) is 0. The van der Waals surface area contributed by atoms with E-state index in [9.17, 15) is 0 Å². The van der Waals surface area contributed by atoms with E-state index in [-0.39, 0.29) is 6.10 Å². The van der Waals surface area contributed by atoms with Crippen LogP contribution in [0.15, 0.2) is 42.5 Å². The predicted octanol–water partition coefficient (Wildman–Crippen LogP) is 4.63. The van der Waals surface area contributed by atoms with Crippen molar-refractivity contribution in [2.75, 3.05) is 0 Å². The Bertz CT molecular complexity index is 615. The molecule has 1 atom stereocenters. The van der Waals surface area contributed by atoms with Crippen LogP contribution >= 0.6 is 0 Å². The Hall–Kier alpha value is -1.76. The van der Waals surface area contributed by atoms with Crippen LogP contribution < -0.4 is 4.74 Å². The summed E-state index contributed by atoms with van der Waals surface area (Å²) < 4.78 is 6.42. The number of fused-ring (bicyclic) bond motifs is 3. The third-order valence-electron chi connectivity index (χ3n) is 4.67. The molecule has 1 heterocycles. The molecule has 0 radical (unpaired) electrons. The minimum absolute atomic E-state index is 0.233. The first-order valence-electron chi connectivity index (χ1n) is 7.77. The number of hydrogen-bond acceptors (Lipinski definition) is 1. The number of benzene rings is 2. The fourth-order valence-electron chi connectivity index (χ4n) is 3.58. The van der Waals surface area contributed by atoms with Crippen LogP contribution in [0, 0.1) is 0 Å². The molecular weight excluding hydrogens is 244 g/mol. The van der Waals surface area contributed by atoms with Gasteiger partial charge < -0.3 is 4.74 Å². The van der Waals surface area contributed by atoms with Gasteiger partial charge in [-0.25, -0.2) is 0 Å². The first kappa shape index (κ1) is 12.0. The van der Waals surface area contributed by atoms with Gasteiger partial charge in [-0.15, -0.1) is 0 Å². The highest BCUT2D eigenvalue weighted by Gasteiger charge is 2.25. The van der Waals surface area contributed by atoms with Crippen LogP contribution in [0.3, 0.4) is 0 Å². The van der Waals surface area contributed by atoms with Crippen molar-refractivity contribution >= 4 is 0 Å². The molecule has 20 heavy (non-hydrogen) atoms. The Labute approximate surface area is 120 Å². The van der Waals surface area contributed by atoms with Gasteiger partial charge in [-0.3, -0.25) is 0 Å². The maximum atomic E-state index is 6.42. The quantitative estimate of drug-likeness (QED) is 0.729. The molecule has 1 aliphatic heterocycles. The highest BCUT2D eigenvalue weighted by Crippen LogP contribution is 2.40. The normalized spacial score (nSPS) is 20.7. The molecule has 102 valence electrons. The SMILES string of the molecule is c1ccc([C@@H]2CCc3ccc4c(c3O2)CCCC4)cc1. The summed E-state index contributed by atoms with van der Waals surface area (Å²) >= 11 is 0. The summed E-state index contributed by atoms with van der Waals surface area (Å²) in [5.74, 6) is 1.21. The zero-order chi connectivity index (χ0) is 13.4. The molecule has 2 aliphatic rings. The Morgan fingerprint density at radius 1 is 0.800 bits per heavy atom. The molecule has 2 aromatic carbocycles. The second-order valence-corrected chi connectivity index (χ2v) is 5.95. The molecule has 1 aliphatic carbocycles. The van der Waals surface area contributed by atoms with Crippen LogP contribution in [0.25, 0.3) is 0 Å². The van der Waals surface area contributed by atoms with Gasteiger partial charge in [0.2, 0.25) is 0 Å². The van der Waals surface area contributed by atoms with Gasteiger partial charge in [-0.1, -0.05) is 42.5 Å². The van der Waals surface area contributed by atoms with E-state index in [1.54, 1.807) is 0 Å². The molecule has 0 unspecified atom stereocenters. The standard InChI is InChI=1S/C19H20O/c1-2-7-15(8-3-1)18-13-12-16-11-10-14-6-4-5-9-17(14)19(16)20-18/h1-3,7-8,10-11,18H,4-6,9,12-13H2/t18-/m0/s1. The summed E-state index contributed by atoms with van der Waals surface area (Å²) in [5.41, 5.74) is 5.74. The molecule has 2 aromatic rings. The maximum Gasteiger partial charge on any atom is 0.126 e. The van der Waals surface area contributed by atoms with E-state index in [1.807, 2.05) is 0 Å². The van der Waals surface area contributed by atoms with Crippen LogP contribution in [-0.4, -0.2) is 0 Å². The lowest BCUT2D eigenvalue weighted by Gasteiger charge is -2.30. The minimum Gasteiger partial charge on any atom is -0.485 e. The third-order valence-corrected chi connectivity index (χ3v) is 4.67. The predicted molar refractivity (Wildman–Crippen MR) is 81.2 cm³/mol. The summed E-state index contributed by atoms with van der Waals surface area (Å²) in [6.07, 6.45) is 7.52. The lowest BCUT2D eigenvalue weighted by Crippen LogP contribution is -2.18. The average molecular weight is 264 g/mol. The van der Waals surface area contributed by atoms with E-state index in [2.05, 4.69) is 42.5 Å². The summed E-state index contributed by atoms with van der Waals surface area (Å²) in [7, 11) is 0. The van der Waals surface area contributed by atoms with Gasteiger partial charge >= 0.3 is 0 Å². The Balaban J connectivity index is 1.71. The first-order chi connectivity index (χ1) is 9.92. The van der Waals surface area contributed by atoms with Crippen molar-refractivity contribution in [1.82, 2.24) is 0 Å². The Morgan fingerprint density at radius 2 is 1.60 bits per heavy atom. The highest BCUT2D eigenvalue weighted by molar-refractivity contribution is 5.49. The second kappa shape index (κ2) is 4.97. The van der Waals surface area contributed by atoms with Crippen molar-refractivity contribution in [3.05, 3.63) is 64.7 Å². The lowest BCUT2D eigenvalue weighted by molar-refractivity contribution is 0.174. The van der Waals surface area contributed by atoms with Crippen LogP contribution in [0.1, 0.15) is 47.6 Å². The lowest BCUT2D eigenvalue weighted by atomic mass is 9.86. The molecule has 1 heteroatoms. The fourth-order valence-corrected chi connectivity index (χ4v) is 3.58. The number of ether oxygens (including phenoxy) is 1. The largest absolute Gasteiger partial charge is 0.485 e. The van der Waals surface area contributed by atoms with Crippen molar-refractivity contribution in [3.63, 3.8) is 0 Å². The van der Waals surface area contributed by atoms with Crippen molar-refractivity contribution in [2.24, 2.45) is 0 Å². The van der Waals surface area contributed by atoms with Crippen LogP contribution in [0.5, 0.6) is 5.75 Å². The summed E-state index contributed by atoms with van der Waals surface area (Å²) in [4.78, 5) is 0. The van der Waals surface area contributed by atoms with E-state index in [0.29, 0.717) is 0 Å². The molecule has 0 saturated carbocycles. The van der Waals surface area contributed by atoms with E-state index in [1.165, 1.54) is 53.7 Å². The van der Waals surface area contributed by atoms with Crippen molar-refractivity contribution in [3.8, 4) is 5.75 Å². The monoisotopic (exact) mass is 264 g/mol. The summed E-state index contributed by atoms with van der Waals surface area (Å²) in [6.45, 7) is 0. The molecule has 4 rings (SSSR count). The van der Waals surface area contributed by atoms with Gasteiger partial charge in [-0.05, 0) is 60.8 Å². The second-order valence-electron chi connectivity index (χ2n) is 5.95. The van der Waals surface area contributed by atoms with E-state index >= 15 is 0 Å². The molecule has 0 aromatic heterocycles. The van der Waals surface area contributed by atoms with Gasteiger partial charge in [0.1, 0.15) is 11.9 Å². The molecule has 0 saturated heterocycles. The number of rotatable bonds is 1. The first-order valence-corrected chi connectivity index (χ1v) is 7.77. The minimum atomic E-state index is 0.233. The molecule has 0 amide bonds. The molecule has 0 bridgehead atoms. The van der Waals surface area contributed by atoms with Crippen LogP contribution in [0.2, 0.25) is 0 Å². The van der Waals surface area contributed by atoms with Gasteiger partial charge in [0, 0.05) is 0 Å². The molecule has 0 fully saturated rings. The smallest absolute Gasteiger partial charge is 0.126 e. The summed E-state index contributed by atoms with van der Waals surface area (Å²) in [6, 6.07) is 15.3. The topological polar surface area (TPSA) is 9.23 Å². The van der Waals surface area contributed by atoms with E-state index in [0.717, 1.165) is 12.8 Å². The Morgan fingerprint density at radius 3 is 2.50 bits per heavy atom. The highest BCUT2D eigenvalue weighted by atomic mass is 16.5. The van der Waals surface area contributed by atoms with Crippen molar-refractivity contribution in [2.45, 2.75) is 44.6 Å². The van der Waals surface area contributed by atoms with Crippen LogP contribution in [-0.2, 0) is 19.3 Å². The molecular formula is C19H20O. The van der Waals surface area contributed by atoms with Gasteiger partial charge in [-0.2, -0.15) is 0 Å². The zero-order valence-electron chi connectivity index (χ0n) is 11.8. The van der Waals surface area contributed by atoms with Crippen molar-refractivity contribution < 1.29 is 4.74 Å². The molecule has 0 N–H and O–H groups in total. The molecule has 1 nitrogen and oxygen atoms in total. The van der Waals surface area contributed by atoms with E-state index in [4.69, 9.17) is 4.74 Å². The Kier molecular flexibility index (Phi) is 2.99. The maximum absolute atomic E-state index is 6.42. The average Bonchev–Trinajstić information content (AvgIpc) is 2.55. The van der Waals surface area contributed by atoms with Crippen LogP contribution in [0.4, 0.5) is 0 Å². The third kappa shape index (κ3) is 2.02. The van der Waals surface area contributed by atoms with Crippen molar-refractivity contribution in [1.29, 1.82) is 0 Å². The van der Waals surface area contributed by atoms with Gasteiger partial charge in [0.25, 0.3) is 0 Å². The fraction of sp³-hybridized carbons (Fsp3) is 0.368. The van der Waals surface area contributed by atoms with Gasteiger partial charge in [0.15, 0.2) is 0 Å². The van der Waals surface area contributed by atoms with Gasteiger partial charge in [0.05, 0.1) is 0 Å². The number of hydrogen-bond donors (Lipinski definition) is 0. The number of aryl methyl sites for hydroxylation is 2. The van der Waals surface area contributed by atoms with E-state index < -0.39 is 0 Å². The zero-order valence-corrected chi connectivity index (χ0v) is 11.8. The molecule has 0 spiro atoms.